The number of amides is 1. The third-order valence-corrected chi connectivity index (χ3v) is 3.75. The summed E-state index contributed by atoms with van der Waals surface area (Å²) in [7, 11) is 0. The predicted octanol–water partition coefficient (Wildman–Crippen LogP) is 1.84. The van der Waals surface area contributed by atoms with E-state index in [1.54, 1.807) is 0 Å². The zero-order valence-corrected chi connectivity index (χ0v) is 11.5. The minimum absolute atomic E-state index is 0.151. The van der Waals surface area contributed by atoms with Gasteiger partial charge in [-0.25, -0.2) is 9.78 Å². The summed E-state index contributed by atoms with van der Waals surface area (Å²) in [5.74, 6) is -0.569. The Labute approximate surface area is 121 Å². The van der Waals surface area contributed by atoms with Crippen LogP contribution in [0.15, 0.2) is 28.7 Å². The molecule has 1 aliphatic heterocycles. The lowest BCUT2D eigenvalue weighted by atomic mass is 10.2. The van der Waals surface area contributed by atoms with Gasteiger partial charge in [0.1, 0.15) is 11.6 Å². The highest BCUT2D eigenvalue weighted by atomic mass is 16.4. The van der Waals surface area contributed by atoms with Gasteiger partial charge in [-0.2, -0.15) is 0 Å². The lowest BCUT2D eigenvalue weighted by Gasteiger charge is -2.20. The molecule has 2 aromatic rings. The number of likely N-dealkylation sites (tertiary alicyclic amines) is 1. The average Bonchev–Trinajstić information content (AvgIpc) is 3.10. The summed E-state index contributed by atoms with van der Waals surface area (Å²) in [6.45, 7) is 0.517. The first-order chi connectivity index (χ1) is 10.1. The van der Waals surface area contributed by atoms with E-state index >= 15 is 0 Å². The van der Waals surface area contributed by atoms with Crippen molar-refractivity contribution in [3.05, 3.63) is 30.2 Å². The van der Waals surface area contributed by atoms with Gasteiger partial charge >= 0.3 is 5.97 Å². The Hall–Kier alpha value is -2.37. The fourth-order valence-corrected chi connectivity index (χ4v) is 2.71. The number of benzene rings is 1. The fraction of sp³-hybridized carbons (Fsp3) is 0.400. The van der Waals surface area contributed by atoms with E-state index in [-0.39, 0.29) is 12.3 Å². The zero-order chi connectivity index (χ0) is 14.8. The number of carbonyl (C=O) groups is 2. The summed E-state index contributed by atoms with van der Waals surface area (Å²) in [6.07, 6.45) is 1.88. The lowest BCUT2D eigenvalue weighted by Crippen LogP contribution is -2.40. The van der Waals surface area contributed by atoms with Crippen molar-refractivity contribution in [3.8, 4) is 0 Å². The number of nitrogens with zero attached hydrogens (tertiary/aromatic N) is 2. The van der Waals surface area contributed by atoms with Crippen LogP contribution in [-0.4, -0.2) is 39.5 Å². The minimum atomic E-state index is -0.928. The molecule has 1 aliphatic rings. The molecule has 2 heterocycles. The molecule has 0 spiro atoms. The van der Waals surface area contributed by atoms with E-state index < -0.39 is 12.0 Å². The summed E-state index contributed by atoms with van der Waals surface area (Å²) in [5.41, 5.74) is 1.47. The highest BCUT2D eigenvalue weighted by molar-refractivity contribution is 5.84. The third-order valence-electron chi connectivity index (χ3n) is 3.75. The second-order valence-corrected chi connectivity index (χ2v) is 5.16. The summed E-state index contributed by atoms with van der Waals surface area (Å²) in [4.78, 5) is 29.0. The molecule has 1 atom stereocenters. The molecule has 21 heavy (non-hydrogen) atoms. The van der Waals surface area contributed by atoms with Crippen LogP contribution in [0.3, 0.4) is 0 Å². The van der Waals surface area contributed by atoms with Gasteiger partial charge < -0.3 is 14.4 Å². The molecule has 3 rings (SSSR count). The topological polar surface area (TPSA) is 83.6 Å². The number of carbonyl (C=O) groups excluding carboxylic acids is 1. The molecule has 6 nitrogen and oxygen atoms in total. The molecule has 1 fully saturated rings. The molecule has 1 aromatic heterocycles. The molecular weight excluding hydrogens is 272 g/mol. The van der Waals surface area contributed by atoms with Gasteiger partial charge in [-0.05, 0) is 25.0 Å². The largest absolute Gasteiger partial charge is 0.480 e. The van der Waals surface area contributed by atoms with Crippen molar-refractivity contribution in [1.29, 1.82) is 0 Å². The van der Waals surface area contributed by atoms with Crippen molar-refractivity contribution in [2.75, 3.05) is 6.54 Å². The van der Waals surface area contributed by atoms with E-state index in [2.05, 4.69) is 4.98 Å². The number of carboxylic acids is 1. The molecule has 1 unspecified atom stereocenters. The zero-order valence-electron chi connectivity index (χ0n) is 11.5. The number of hydrogen-bond acceptors (Lipinski definition) is 4. The van der Waals surface area contributed by atoms with E-state index in [0.29, 0.717) is 30.9 Å². The molecule has 1 amide bonds. The number of aliphatic carboxylic acids is 1. The molecule has 1 N–H and O–H groups in total. The van der Waals surface area contributed by atoms with Gasteiger partial charge in [0.25, 0.3) is 0 Å². The standard InChI is InChI=1S/C15H16N2O4/c18-14(17-9-3-5-11(17)15(19)20)8-7-13-16-10-4-1-2-6-12(10)21-13/h1-2,4,6,11H,3,5,7-9H2,(H,19,20). The molecule has 110 valence electrons. The second-order valence-electron chi connectivity index (χ2n) is 5.16. The van der Waals surface area contributed by atoms with Gasteiger partial charge in [0, 0.05) is 19.4 Å². The predicted molar refractivity (Wildman–Crippen MR) is 74.7 cm³/mol. The molecule has 0 saturated carbocycles. The Balaban J connectivity index is 1.64. The van der Waals surface area contributed by atoms with Crippen LogP contribution >= 0.6 is 0 Å². The molecule has 0 bridgehead atoms. The summed E-state index contributed by atoms with van der Waals surface area (Å²) in [6, 6.07) is 6.74. The number of aryl methyl sites for hydroxylation is 1. The van der Waals surface area contributed by atoms with Crippen LogP contribution in [0, 0.1) is 0 Å². The Bertz CT molecular complexity index is 646. The minimum Gasteiger partial charge on any atom is -0.480 e. The maximum atomic E-state index is 12.1. The Kier molecular flexibility index (Phi) is 3.60. The SMILES string of the molecule is O=C(O)C1CCCN1C(=O)CCc1nc2ccccc2o1. The van der Waals surface area contributed by atoms with Crippen LogP contribution in [0.1, 0.15) is 25.2 Å². The molecule has 0 radical (unpaired) electrons. The van der Waals surface area contributed by atoms with Gasteiger partial charge in [0.2, 0.25) is 5.91 Å². The van der Waals surface area contributed by atoms with Gasteiger partial charge in [0.15, 0.2) is 11.5 Å². The quantitative estimate of drug-likeness (QED) is 0.928. The maximum Gasteiger partial charge on any atom is 0.326 e. The Morgan fingerprint density at radius 3 is 2.95 bits per heavy atom. The molecule has 0 aliphatic carbocycles. The first-order valence-corrected chi connectivity index (χ1v) is 7.02. The van der Waals surface area contributed by atoms with E-state index in [1.165, 1.54) is 4.90 Å². The number of oxazole rings is 1. The molecular formula is C15H16N2O4. The summed E-state index contributed by atoms with van der Waals surface area (Å²) < 4.78 is 5.56. The Morgan fingerprint density at radius 1 is 1.38 bits per heavy atom. The van der Waals surface area contributed by atoms with Crippen molar-refractivity contribution in [2.24, 2.45) is 0 Å². The number of aromatic nitrogens is 1. The van der Waals surface area contributed by atoms with Crippen LogP contribution in [0.2, 0.25) is 0 Å². The highest BCUT2D eigenvalue weighted by Gasteiger charge is 2.33. The smallest absolute Gasteiger partial charge is 0.326 e. The van der Waals surface area contributed by atoms with Crippen molar-refractivity contribution >= 4 is 23.0 Å². The van der Waals surface area contributed by atoms with Crippen LogP contribution in [0.5, 0.6) is 0 Å². The van der Waals surface area contributed by atoms with E-state index in [9.17, 15) is 9.59 Å². The highest BCUT2D eigenvalue weighted by Crippen LogP contribution is 2.20. The number of hydrogen-bond donors (Lipinski definition) is 1. The fourth-order valence-electron chi connectivity index (χ4n) is 2.71. The van der Waals surface area contributed by atoms with Crippen molar-refractivity contribution in [1.82, 2.24) is 9.88 Å². The summed E-state index contributed by atoms with van der Waals surface area (Å²) in [5, 5.41) is 9.09. The molecule has 1 saturated heterocycles. The molecule has 1 aromatic carbocycles. The number of carboxylic acid groups (broad SMARTS) is 1. The van der Waals surface area contributed by atoms with Crippen molar-refractivity contribution in [3.63, 3.8) is 0 Å². The molecule has 6 heteroatoms. The average molecular weight is 288 g/mol. The number of rotatable bonds is 4. The van der Waals surface area contributed by atoms with Crippen LogP contribution < -0.4 is 0 Å². The van der Waals surface area contributed by atoms with Crippen molar-refractivity contribution < 1.29 is 19.1 Å². The van der Waals surface area contributed by atoms with Gasteiger partial charge in [-0.1, -0.05) is 12.1 Å². The van der Waals surface area contributed by atoms with Gasteiger partial charge in [0.05, 0.1) is 0 Å². The number of fused-ring (bicyclic) bond motifs is 1. The normalized spacial score (nSPS) is 18.3. The van der Waals surface area contributed by atoms with Crippen LogP contribution in [-0.2, 0) is 16.0 Å². The lowest BCUT2D eigenvalue weighted by molar-refractivity contribution is -0.148. The van der Waals surface area contributed by atoms with Crippen molar-refractivity contribution in [2.45, 2.75) is 31.7 Å². The van der Waals surface area contributed by atoms with E-state index in [4.69, 9.17) is 9.52 Å². The van der Waals surface area contributed by atoms with Gasteiger partial charge in [-0.15, -0.1) is 0 Å². The van der Waals surface area contributed by atoms with E-state index in [0.717, 1.165) is 11.9 Å². The van der Waals surface area contributed by atoms with Gasteiger partial charge in [-0.3, -0.25) is 4.79 Å². The third kappa shape index (κ3) is 2.74. The first kappa shape index (κ1) is 13.6. The monoisotopic (exact) mass is 288 g/mol. The number of para-hydroxylation sites is 2. The second kappa shape index (κ2) is 5.55. The van der Waals surface area contributed by atoms with E-state index in [1.807, 2.05) is 24.3 Å². The maximum absolute atomic E-state index is 12.1. The summed E-state index contributed by atoms with van der Waals surface area (Å²) >= 11 is 0. The van der Waals surface area contributed by atoms with Crippen LogP contribution in [0.4, 0.5) is 0 Å². The first-order valence-electron chi connectivity index (χ1n) is 7.02. The Morgan fingerprint density at radius 2 is 2.19 bits per heavy atom. The van der Waals surface area contributed by atoms with Crippen LogP contribution in [0.25, 0.3) is 11.1 Å².